The highest BCUT2D eigenvalue weighted by atomic mass is 16.5. The maximum atomic E-state index is 10.9. The van der Waals surface area contributed by atoms with Gasteiger partial charge in [-0.05, 0) is 17.5 Å². The molecule has 0 bridgehead atoms. The van der Waals surface area contributed by atoms with Gasteiger partial charge in [-0.15, -0.1) is 0 Å². The van der Waals surface area contributed by atoms with Gasteiger partial charge in [-0.25, -0.2) is 0 Å². The number of fused-ring (bicyclic) bond motifs is 1. The van der Waals surface area contributed by atoms with Gasteiger partial charge >= 0.3 is 0 Å². The van der Waals surface area contributed by atoms with Crippen molar-refractivity contribution in [1.29, 1.82) is 0 Å². The number of hydrogen-bond acceptors (Lipinski definition) is 4. The van der Waals surface area contributed by atoms with Crippen LogP contribution in [0.3, 0.4) is 0 Å². The molecule has 3 rings (SSSR count). The van der Waals surface area contributed by atoms with Gasteiger partial charge in [0.05, 0.1) is 6.54 Å². The highest BCUT2D eigenvalue weighted by molar-refractivity contribution is 5.87. The van der Waals surface area contributed by atoms with E-state index in [0.717, 1.165) is 22.9 Å². The number of carbonyl (C=O) groups excluding carboxylic acids is 1. The van der Waals surface area contributed by atoms with E-state index in [2.05, 4.69) is 5.16 Å². The molecule has 0 aliphatic rings. The molecule has 1 aromatic carbocycles. The normalized spacial score (nSPS) is 11.1. The molecule has 0 aliphatic carbocycles. The van der Waals surface area contributed by atoms with Crippen LogP contribution in [0.2, 0.25) is 0 Å². The Hall–Kier alpha value is -2.40. The van der Waals surface area contributed by atoms with Crippen LogP contribution in [0.15, 0.2) is 41.1 Å². The van der Waals surface area contributed by atoms with Gasteiger partial charge in [-0.2, -0.15) is 0 Å². The fourth-order valence-corrected chi connectivity index (χ4v) is 2.23. The Labute approximate surface area is 115 Å². The molecule has 2 heterocycles. The molecule has 0 aliphatic heterocycles. The summed E-state index contributed by atoms with van der Waals surface area (Å²) in [5.74, 6) is 0.701. The number of rotatable bonds is 5. The van der Waals surface area contributed by atoms with E-state index in [1.54, 1.807) is 7.11 Å². The largest absolute Gasteiger partial charge is 0.377 e. The van der Waals surface area contributed by atoms with Crippen molar-refractivity contribution >= 4 is 17.2 Å². The van der Waals surface area contributed by atoms with Gasteiger partial charge in [-0.3, -0.25) is 4.79 Å². The number of aldehydes is 1. The fraction of sp³-hybridized carbons (Fsp3) is 0.200. The lowest BCUT2D eigenvalue weighted by molar-refractivity contribution is 0.112. The number of nitrogens with zero attached hydrogens (tertiary/aromatic N) is 2. The Morgan fingerprint density at radius 2 is 2.25 bits per heavy atom. The smallest absolute Gasteiger partial charge is 0.162 e. The van der Waals surface area contributed by atoms with Crippen molar-refractivity contribution < 1.29 is 14.1 Å². The summed E-state index contributed by atoms with van der Waals surface area (Å²) in [6.07, 6.45) is 2.83. The molecule has 0 atom stereocenters. The minimum atomic E-state index is 0.411. The van der Waals surface area contributed by atoms with Crippen LogP contribution in [0.25, 0.3) is 10.9 Å². The first-order chi connectivity index (χ1) is 9.80. The molecular weight excluding hydrogens is 256 g/mol. The van der Waals surface area contributed by atoms with E-state index in [-0.39, 0.29) is 0 Å². The Morgan fingerprint density at radius 1 is 1.35 bits per heavy atom. The van der Waals surface area contributed by atoms with Gasteiger partial charge < -0.3 is 13.8 Å². The third-order valence-corrected chi connectivity index (χ3v) is 3.16. The third-order valence-electron chi connectivity index (χ3n) is 3.16. The van der Waals surface area contributed by atoms with E-state index in [1.807, 2.05) is 41.1 Å². The topological polar surface area (TPSA) is 57.3 Å². The molecule has 0 fully saturated rings. The van der Waals surface area contributed by atoms with Crippen molar-refractivity contribution in [2.75, 3.05) is 7.11 Å². The average Bonchev–Trinajstić information content (AvgIpc) is 3.07. The van der Waals surface area contributed by atoms with Crippen molar-refractivity contribution in [1.82, 2.24) is 9.72 Å². The predicted molar refractivity (Wildman–Crippen MR) is 73.6 cm³/mol. The molecule has 0 saturated carbocycles. The minimum Gasteiger partial charge on any atom is -0.377 e. The summed E-state index contributed by atoms with van der Waals surface area (Å²) in [5, 5.41) is 5.11. The molecule has 3 aromatic rings. The number of ether oxygens (including phenoxy) is 1. The lowest BCUT2D eigenvalue weighted by Crippen LogP contribution is -1.98. The Kier molecular flexibility index (Phi) is 3.35. The Balaban J connectivity index is 1.91. The summed E-state index contributed by atoms with van der Waals surface area (Å²) in [4.78, 5) is 10.9. The minimum absolute atomic E-state index is 0.411. The Morgan fingerprint density at radius 3 is 3.05 bits per heavy atom. The van der Waals surface area contributed by atoms with E-state index in [9.17, 15) is 4.79 Å². The first-order valence-electron chi connectivity index (χ1n) is 6.27. The van der Waals surface area contributed by atoms with Crippen molar-refractivity contribution in [3.63, 3.8) is 0 Å². The van der Waals surface area contributed by atoms with E-state index < -0.39 is 0 Å². The first kappa shape index (κ1) is 12.6. The summed E-state index contributed by atoms with van der Waals surface area (Å²) in [5.41, 5.74) is 2.50. The fourth-order valence-electron chi connectivity index (χ4n) is 2.23. The van der Waals surface area contributed by atoms with Crippen LogP contribution >= 0.6 is 0 Å². The zero-order valence-corrected chi connectivity index (χ0v) is 11.1. The number of hydrogen-bond donors (Lipinski definition) is 0. The van der Waals surface area contributed by atoms with Crippen LogP contribution < -0.4 is 0 Å². The average molecular weight is 270 g/mol. The molecule has 0 unspecified atom stereocenters. The second kappa shape index (κ2) is 5.30. The number of methoxy groups -OCH3 is 1. The number of benzene rings is 1. The second-order valence-electron chi connectivity index (χ2n) is 4.60. The van der Waals surface area contributed by atoms with Crippen molar-refractivity contribution in [3.8, 4) is 0 Å². The number of aromatic nitrogens is 2. The van der Waals surface area contributed by atoms with Gasteiger partial charge in [0.25, 0.3) is 0 Å². The maximum absolute atomic E-state index is 10.9. The van der Waals surface area contributed by atoms with E-state index >= 15 is 0 Å². The zero-order chi connectivity index (χ0) is 13.9. The molecule has 20 heavy (non-hydrogen) atoms. The monoisotopic (exact) mass is 270 g/mol. The summed E-state index contributed by atoms with van der Waals surface area (Å²) in [7, 11) is 1.61. The van der Waals surface area contributed by atoms with Crippen LogP contribution in [0, 0.1) is 0 Å². The summed E-state index contributed by atoms with van der Waals surface area (Å²) < 4.78 is 12.2. The van der Waals surface area contributed by atoms with Crippen molar-refractivity contribution in [3.05, 3.63) is 53.5 Å². The summed E-state index contributed by atoms with van der Waals surface area (Å²) >= 11 is 0. The maximum Gasteiger partial charge on any atom is 0.162 e. The van der Waals surface area contributed by atoms with Crippen LogP contribution in [-0.4, -0.2) is 23.1 Å². The predicted octanol–water partition coefficient (Wildman–Crippen LogP) is 2.64. The molecule has 0 radical (unpaired) electrons. The Bertz CT molecular complexity index is 742. The highest BCUT2D eigenvalue weighted by Gasteiger charge is 2.07. The molecule has 0 N–H and O–H groups in total. The molecule has 0 saturated heterocycles. The molecule has 0 amide bonds. The second-order valence-corrected chi connectivity index (χ2v) is 4.60. The SMILES string of the molecule is COCc1cc(Cn2ccc3ccc(C=O)cc32)no1. The zero-order valence-electron chi connectivity index (χ0n) is 11.1. The number of carbonyl (C=O) groups is 1. The standard InChI is InChI=1S/C15H14N2O3/c1-19-10-14-7-13(16-20-14)8-17-5-4-12-3-2-11(9-18)6-15(12)17/h2-7,9H,8,10H2,1H3. The van der Waals surface area contributed by atoms with Gasteiger partial charge in [-0.1, -0.05) is 17.3 Å². The summed E-state index contributed by atoms with van der Waals surface area (Å²) in [6, 6.07) is 9.51. The van der Waals surface area contributed by atoms with E-state index in [0.29, 0.717) is 24.5 Å². The molecule has 0 spiro atoms. The van der Waals surface area contributed by atoms with Crippen LogP contribution in [0.1, 0.15) is 21.8 Å². The molecule has 5 nitrogen and oxygen atoms in total. The van der Waals surface area contributed by atoms with Gasteiger partial charge in [0.2, 0.25) is 0 Å². The molecule has 102 valence electrons. The van der Waals surface area contributed by atoms with Crippen LogP contribution in [0.4, 0.5) is 0 Å². The van der Waals surface area contributed by atoms with Gasteiger partial charge in [0.1, 0.15) is 18.6 Å². The van der Waals surface area contributed by atoms with E-state index in [1.165, 1.54) is 0 Å². The molecular formula is C15H14N2O3. The summed E-state index contributed by atoms with van der Waals surface area (Å²) in [6.45, 7) is 1.01. The van der Waals surface area contributed by atoms with Crippen LogP contribution in [-0.2, 0) is 17.9 Å². The lowest BCUT2D eigenvalue weighted by atomic mass is 10.2. The highest BCUT2D eigenvalue weighted by Crippen LogP contribution is 2.18. The quantitative estimate of drug-likeness (QED) is 0.669. The lowest BCUT2D eigenvalue weighted by Gasteiger charge is -2.02. The van der Waals surface area contributed by atoms with Gasteiger partial charge in [0.15, 0.2) is 5.76 Å². The van der Waals surface area contributed by atoms with Crippen molar-refractivity contribution in [2.45, 2.75) is 13.2 Å². The van der Waals surface area contributed by atoms with Gasteiger partial charge in [0, 0.05) is 30.5 Å². The van der Waals surface area contributed by atoms with Crippen LogP contribution in [0.5, 0.6) is 0 Å². The molecule has 5 heteroatoms. The third kappa shape index (κ3) is 2.35. The van der Waals surface area contributed by atoms with Crippen molar-refractivity contribution in [2.24, 2.45) is 0 Å². The van der Waals surface area contributed by atoms with E-state index in [4.69, 9.17) is 9.26 Å². The molecule has 2 aromatic heterocycles. The first-order valence-corrected chi connectivity index (χ1v) is 6.27.